The van der Waals surface area contributed by atoms with E-state index < -0.39 is 5.91 Å². The number of guanidine groups is 1. The Morgan fingerprint density at radius 2 is 1.88 bits per heavy atom. The summed E-state index contributed by atoms with van der Waals surface area (Å²) in [7, 11) is 1.70. The largest absolute Gasteiger partial charge is 0.366 e. The molecular weight excluding hydrogens is 359 g/mol. The predicted octanol–water partition coefficient (Wildman–Crippen LogP) is 3.52. The van der Waals surface area contributed by atoms with Crippen molar-refractivity contribution in [3.8, 4) is 0 Å². The van der Waals surface area contributed by atoms with Gasteiger partial charge in [-0.2, -0.15) is 0 Å². The molecule has 7 heteroatoms. The molecule has 2 rings (SSSR count). The third-order valence-electron chi connectivity index (χ3n) is 3.70. The summed E-state index contributed by atoms with van der Waals surface area (Å²) >= 11 is 12.2. The molecular formula is C18H20Cl2N4O. The second-order valence-electron chi connectivity index (χ2n) is 5.52. The summed E-state index contributed by atoms with van der Waals surface area (Å²) in [6.07, 6.45) is 0. The zero-order valence-corrected chi connectivity index (χ0v) is 15.5. The topological polar surface area (TPSA) is 79.5 Å². The number of rotatable bonds is 5. The van der Waals surface area contributed by atoms with Crippen molar-refractivity contribution in [2.45, 2.75) is 19.5 Å². The van der Waals surface area contributed by atoms with E-state index in [0.717, 1.165) is 11.1 Å². The molecule has 2 aromatic carbocycles. The summed E-state index contributed by atoms with van der Waals surface area (Å²) in [5, 5.41) is 7.70. The van der Waals surface area contributed by atoms with Gasteiger partial charge in [0.2, 0.25) is 5.91 Å². The van der Waals surface area contributed by atoms with Crippen LogP contribution in [0, 0.1) is 0 Å². The van der Waals surface area contributed by atoms with Gasteiger partial charge < -0.3 is 16.4 Å². The van der Waals surface area contributed by atoms with Crippen LogP contribution in [-0.2, 0) is 6.54 Å². The van der Waals surface area contributed by atoms with Crippen LogP contribution in [0.5, 0.6) is 0 Å². The molecule has 2 aromatic rings. The summed E-state index contributed by atoms with van der Waals surface area (Å²) in [6.45, 7) is 2.55. The molecule has 0 saturated carbocycles. The third-order valence-corrected chi connectivity index (χ3v) is 4.27. The first kappa shape index (κ1) is 19.1. The van der Waals surface area contributed by atoms with Gasteiger partial charge in [-0.1, -0.05) is 41.4 Å². The van der Waals surface area contributed by atoms with Crippen molar-refractivity contribution in [3.63, 3.8) is 0 Å². The van der Waals surface area contributed by atoms with Crippen LogP contribution >= 0.6 is 23.2 Å². The molecule has 4 N–H and O–H groups in total. The van der Waals surface area contributed by atoms with Crippen molar-refractivity contribution in [3.05, 3.63) is 69.2 Å². The molecule has 1 unspecified atom stereocenters. The second-order valence-corrected chi connectivity index (χ2v) is 6.36. The molecule has 0 spiro atoms. The Bertz CT molecular complexity index is 775. The number of hydrogen-bond donors (Lipinski definition) is 3. The lowest BCUT2D eigenvalue weighted by Gasteiger charge is -2.19. The lowest BCUT2D eigenvalue weighted by molar-refractivity contribution is 0.100. The molecule has 25 heavy (non-hydrogen) atoms. The van der Waals surface area contributed by atoms with Crippen molar-refractivity contribution in [1.82, 2.24) is 10.6 Å². The molecule has 132 valence electrons. The maximum atomic E-state index is 11.1. The average Bonchev–Trinajstić information content (AvgIpc) is 2.58. The number of hydrogen-bond acceptors (Lipinski definition) is 2. The Morgan fingerprint density at radius 1 is 1.20 bits per heavy atom. The van der Waals surface area contributed by atoms with Gasteiger partial charge in [-0.3, -0.25) is 9.79 Å². The fraction of sp³-hybridized carbons (Fsp3) is 0.222. The molecule has 1 atom stereocenters. The molecule has 0 heterocycles. The molecule has 0 saturated heterocycles. The Hall–Kier alpha value is -2.24. The van der Waals surface area contributed by atoms with E-state index in [4.69, 9.17) is 28.9 Å². The predicted molar refractivity (Wildman–Crippen MR) is 103 cm³/mol. The monoisotopic (exact) mass is 378 g/mol. The number of halogens is 2. The van der Waals surface area contributed by atoms with Gasteiger partial charge in [0, 0.05) is 29.2 Å². The highest BCUT2D eigenvalue weighted by Crippen LogP contribution is 2.25. The Labute approximate surface area is 157 Å². The minimum Gasteiger partial charge on any atom is -0.366 e. The Kier molecular flexibility index (Phi) is 6.67. The zero-order chi connectivity index (χ0) is 18.4. The summed E-state index contributed by atoms with van der Waals surface area (Å²) in [6, 6.07) is 12.5. The van der Waals surface area contributed by atoms with E-state index >= 15 is 0 Å². The van der Waals surface area contributed by atoms with Crippen molar-refractivity contribution in [2.24, 2.45) is 10.7 Å². The maximum Gasteiger partial charge on any atom is 0.248 e. The number of benzene rings is 2. The normalized spacial score (nSPS) is 12.6. The smallest absolute Gasteiger partial charge is 0.248 e. The number of nitrogens with one attached hydrogen (secondary N) is 2. The first-order valence-corrected chi connectivity index (χ1v) is 8.47. The minimum atomic E-state index is -0.439. The highest BCUT2D eigenvalue weighted by molar-refractivity contribution is 6.35. The van der Waals surface area contributed by atoms with Crippen LogP contribution in [0.3, 0.4) is 0 Å². The maximum absolute atomic E-state index is 11.1. The van der Waals surface area contributed by atoms with Gasteiger partial charge in [0.25, 0.3) is 0 Å². The van der Waals surface area contributed by atoms with Gasteiger partial charge in [0.1, 0.15) is 0 Å². The third kappa shape index (κ3) is 5.37. The van der Waals surface area contributed by atoms with Crippen LogP contribution < -0.4 is 16.4 Å². The van der Waals surface area contributed by atoms with Crippen LogP contribution in [0.1, 0.15) is 34.5 Å². The lowest BCUT2D eigenvalue weighted by Crippen LogP contribution is -2.38. The van der Waals surface area contributed by atoms with Crippen molar-refractivity contribution in [1.29, 1.82) is 0 Å². The van der Waals surface area contributed by atoms with E-state index in [1.165, 1.54) is 0 Å². The fourth-order valence-corrected chi connectivity index (χ4v) is 2.87. The van der Waals surface area contributed by atoms with Crippen LogP contribution in [0.25, 0.3) is 0 Å². The summed E-state index contributed by atoms with van der Waals surface area (Å²) in [5.41, 5.74) is 7.66. The minimum absolute atomic E-state index is 0.0480. The molecule has 1 amide bonds. The molecule has 0 aliphatic carbocycles. The van der Waals surface area contributed by atoms with Gasteiger partial charge in [-0.25, -0.2) is 0 Å². The molecule has 0 aliphatic rings. The van der Waals surface area contributed by atoms with Gasteiger partial charge in [-0.05, 0) is 42.3 Å². The SMILES string of the molecule is CN=C(NCc1ccc(C(N)=O)cc1)NC(C)c1ccc(Cl)cc1Cl. The number of amides is 1. The van der Waals surface area contributed by atoms with Crippen LogP contribution in [-0.4, -0.2) is 18.9 Å². The van der Waals surface area contributed by atoms with Crippen LogP contribution in [0.15, 0.2) is 47.5 Å². The van der Waals surface area contributed by atoms with Gasteiger partial charge in [-0.15, -0.1) is 0 Å². The average molecular weight is 379 g/mol. The summed E-state index contributed by atoms with van der Waals surface area (Å²) < 4.78 is 0. The lowest BCUT2D eigenvalue weighted by atomic mass is 10.1. The van der Waals surface area contributed by atoms with E-state index in [0.29, 0.717) is 28.1 Å². The van der Waals surface area contributed by atoms with Gasteiger partial charge in [0.15, 0.2) is 5.96 Å². The van der Waals surface area contributed by atoms with Gasteiger partial charge in [0.05, 0.1) is 6.04 Å². The van der Waals surface area contributed by atoms with E-state index in [1.54, 1.807) is 31.3 Å². The number of nitrogens with zero attached hydrogens (tertiary/aromatic N) is 1. The standard InChI is InChI=1S/C18H20Cl2N4O/c1-11(15-8-7-14(19)9-16(15)20)24-18(22-2)23-10-12-3-5-13(6-4-12)17(21)25/h3-9,11H,10H2,1-2H3,(H2,21,25)(H2,22,23,24). The quantitative estimate of drug-likeness (QED) is 0.549. The van der Waals surface area contributed by atoms with Gasteiger partial charge >= 0.3 is 0 Å². The van der Waals surface area contributed by atoms with Crippen molar-refractivity contribution in [2.75, 3.05) is 7.05 Å². The Morgan fingerprint density at radius 3 is 2.44 bits per heavy atom. The zero-order valence-electron chi connectivity index (χ0n) is 14.0. The number of aliphatic imine (C=N–C) groups is 1. The van der Waals surface area contributed by atoms with Crippen LogP contribution in [0.2, 0.25) is 10.0 Å². The Balaban J connectivity index is 1.97. The highest BCUT2D eigenvalue weighted by Gasteiger charge is 2.11. The van der Waals surface area contributed by atoms with Crippen molar-refractivity contribution >= 4 is 35.1 Å². The van der Waals surface area contributed by atoms with Crippen molar-refractivity contribution < 1.29 is 4.79 Å². The second kappa shape index (κ2) is 8.74. The molecule has 0 radical (unpaired) electrons. The van der Waals surface area contributed by atoms with E-state index in [-0.39, 0.29) is 6.04 Å². The van der Waals surface area contributed by atoms with Crippen LogP contribution in [0.4, 0.5) is 0 Å². The number of carbonyl (C=O) groups is 1. The highest BCUT2D eigenvalue weighted by atomic mass is 35.5. The molecule has 0 aliphatic heterocycles. The molecule has 5 nitrogen and oxygen atoms in total. The molecule has 0 aromatic heterocycles. The summed E-state index contributed by atoms with van der Waals surface area (Å²) in [4.78, 5) is 15.3. The molecule has 0 bridgehead atoms. The van der Waals surface area contributed by atoms with E-state index in [9.17, 15) is 4.79 Å². The first-order chi connectivity index (χ1) is 11.9. The molecule has 0 fully saturated rings. The number of primary amides is 1. The van der Waals surface area contributed by atoms with E-state index in [1.807, 2.05) is 25.1 Å². The number of carbonyl (C=O) groups excluding carboxylic acids is 1. The first-order valence-electron chi connectivity index (χ1n) is 7.71. The number of nitrogens with two attached hydrogens (primary N) is 1. The summed E-state index contributed by atoms with van der Waals surface area (Å²) in [5.74, 6) is 0.197. The fourth-order valence-electron chi connectivity index (χ4n) is 2.30. The van der Waals surface area contributed by atoms with E-state index in [2.05, 4.69) is 15.6 Å².